The first-order valence-corrected chi connectivity index (χ1v) is 11.1. The van der Waals surface area contributed by atoms with Gasteiger partial charge >= 0.3 is 0 Å². The van der Waals surface area contributed by atoms with E-state index in [0.29, 0.717) is 27.8 Å². The van der Waals surface area contributed by atoms with Crippen molar-refractivity contribution in [3.63, 3.8) is 0 Å². The average molecular weight is 465 g/mol. The number of carbonyl (C=O) groups is 2. The molecule has 1 atom stereocenters. The molecular formula is C24H30Cl2N2O3. The molecule has 2 aromatic carbocycles. The lowest BCUT2D eigenvalue weighted by Gasteiger charge is -2.31. The molecule has 0 saturated carbocycles. The molecule has 0 bridgehead atoms. The minimum atomic E-state index is -0.676. The first-order valence-electron chi connectivity index (χ1n) is 10.4. The number of nitrogens with zero attached hydrogens (tertiary/aromatic N) is 1. The third-order valence-electron chi connectivity index (χ3n) is 4.89. The molecule has 0 heterocycles. The molecule has 0 aromatic heterocycles. The van der Waals surface area contributed by atoms with Gasteiger partial charge in [0, 0.05) is 28.2 Å². The van der Waals surface area contributed by atoms with Crippen LogP contribution in [0.1, 0.15) is 43.9 Å². The zero-order valence-corrected chi connectivity index (χ0v) is 20.2. The second kappa shape index (κ2) is 11.4. The lowest BCUT2D eigenvalue weighted by atomic mass is 10.1. The van der Waals surface area contributed by atoms with Crippen LogP contribution in [0.25, 0.3) is 0 Å². The fourth-order valence-electron chi connectivity index (χ4n) is 3.34. The molecular weight excluding hydrogens is 435 g/mol. The van der Waals surface area contributed by atoms with E-state index >= 15 is 0 Å². The predicted molar refractivity (Wildman–Crippen MR) is 126 cm³/mol. The number of hydrogen-bond acceptors (Lipinski definition) is 3. The summed E-state index contributed by atoms with van der Waals surface area (Å²) in [7, 11) is 0. The first kappa shape index (κ1) is 25.0. The predicted octanol–water partition coefficient (Wildman–Crippen LogP) is 5.32. The maximum atomic E-state index is 13.2. The highest BCUT2D eigenvalue weighted by Crippen LogP contribution is 2.27. The maximum Gasteiger partial charge on any atom is 0.261 e. The summed E-state index contributed by atoms with van der Waals surface area (Å²) in [5.74, 6) is 0.0941. The van der Waals surface area contributed by atoms with Crippen molar-refractivity contribution < 1.29 is 14.3 Å². The maximum absolute atomic E-state index is 13.2. The highest BCUT2D eigenvalue weighted by atomic mass is 35.5. The number of carbonyl (C=O) groups excluding carboxylic acids is 2. The molecule has 7 heteroatoms. The Morgan fingerprint density at radius 2 is 1.74 bits per heavy atom. The fourth-order valence-corrected chi connectivity index (χ4v) is 3.85. The lowest BCUT2D eigenvalue weighted by molar-refractivity contribution is -0.143. The van der Waals surface area contributed by atoms with E-state index in [1.54, 1.807) is 18.2 Å². The average Bonchev–Trinajstić information content (AvgIpc) is 2.68. The number of benzene rings is 2. The van der Waals surface area contributed by atoms with Gasteiger partial charge in [0.2, 0.25) is 5.91 Å². The number of ether oxygens (including phenoxy) is 1. The zero-order chi connectivity index (χ0) is 23.1. The van der Waals surface area contributed by atoms with Gasteiger partial charge in [-0.1, -0.05) is 53.9 Å². The topological polar surface area (TPSA) is 58.6 Å². The number of amides is 2. The number of rotatable bonds is 9. The van der Waals surface area contributed by atoms with Gasteiger partial charge < -0.3 is 15.0 Å². The minimum absolute atomic E-state index is 0.0474. The Kier molecular flexibility index (Phi) is 9.20. The molecule has 0 spiro atoms. The quantitative estimate of drug-likeness (QED) is 0.545. The molecule has 168 valence electrons. The smallest absolute Gasteiger partial charge is 0.261 e. The highest BCUT2D eigenvalue weighted by molar-refractivity contribution is 6.36. The summed E-state index contributed by atoms with van der Waals surface area (Å²) in [5.41, 5.74) is 2.65. The normalized spacial score (nSPS) is 11.9. The molecule has 0 fully saturated rings. The molecule has 2 aromatic rings. The number of nitrogens with one attached hydrogen (secondary N) is 1. The SMILES string of the molecule is CC[C@@H](C(=O)NC(C)C)N(Cc1c(Cl)cccc1Cl)C(=O)COc1ccc(C)cc1C. The van der Waals surface area contributed by atoms with Crippen molar-refractivity contribution in [2.24, 2.45) is 0 Å². The van der Waals surface area contributed by atoms with Crippen LogP contribution in [0, 0.1) is 13.8 Å². The van der Waals surface area contributed by atoms with Crippen LogP contribution >= 0.6 is 23.2 Å². The second-order valence-corrected chi connectivity index (χ2v) is 8.68. The van der Waals surface area contributed by atoms with Gasteiger partial charge in [0.25, 0.3) is 5.91 Å². The summed E-state index contributed by atoms with van der Waals surface area (Å²) in [4.78, 5) is 27.6. The van der Waals surface area contributed by atoms with E-state index in [4.69, 9.17) is 27.9 Å². The van der Waals surface area contributed by atoms with E-state index in [9.17, 15) is 9.59 Å². The Balaban J connectivity index is 2.30. The molecule has 2 rings (SSSR count). The van der Waals surface area contributed by atoms with Crippen LogP contribution in [-0.2, 0) is 16.1 Å². The van der Waals surface area contributed by atoms with Crippen molar-refractivity contribution in [1.82, 2.24) is 10.2 Å². The summed E-state index contributed by atoms with van der Waals surface area (Å²) in [5, 5.41) is 3.78. The van der Waals surface area contributed by atoms with E-state index in [-0.39, 0.29) is 31.0 Å². The van der Waals surface area contributed by atoms with Crippen LogP contribution in [0.5, 0.6) is 5.75 Å². The first-order chi connectivity index (χ1) is 14.6. The Morgan fingerprint density at radius 3 is 2.29 bits per heavy atom. The summed E-state index contributed by atoms with van der Waals surface area (Å²) in [6.45, 7) is 9.46. The van der Waals surface area contributed by atoms with Gasteiger partial charge in [-0.05, 0) is 57.9 Å². The molecule has 0 unspecified atom stereocenters. The number of halogens is 2. The molecule has 0 radical (unpaired) electrons. The van der Waals surface area contributed by atoms with Crippen molar-refractivity contribution in [3.05, 3.63) is 63.1 Å². The fraction of sp³-hybridized carbons (Fsp3) is 0.417. The van der Waals surface area contributed by atoms with Crippen LogP contribution in [-0.4, -0.2) is 35.4 Å². The standard InChI is InChI=1S/C24H30Cl2N2O3/c1-6-21(24(30)27-15(2)3)28(13-18-19(25)8-7-9-20(18)26)23(29)14-31-22-11-10-16(4)12-17(22)5/h7-12,15,21H,6,13-14H2,1-5H3,(H,27,30)/t21-/m0/s1. The summed E-state index contributed by atoms with van der Waals surface area (Å²) < 4.78 is 5.80. The third-order valence-corrected chi connectivity index (χ3v) is 5.60. The van der Waals surface area contributed by atoms with Gasteiger partial charge in [0.15, 0.2) is 6.61 Å². The van der Waals surface area contributed by atoms with Crippen molar-refractivity contribution in [2.75, 3.05) is 6.61 Å². The molecule has 0 aliphatic carbocycles. The molecule has 0 aliphatic heterocycles. The largest absolute Gasteiger partial charge is 0.483 e. The Morgan fingerprint density at radius 1 is 1.10 bits per heavy atom. The third kappa shape index (κ3) is 6.88. The van der Waals surface area contributed by atoms with Crippen molar-refractivity contribution in [3.8, 4) is 5.75 Å². The van der Waals surface area contributed by atoms with Crippen molar-refractivity contribution >= 4 is 35.0 Å². The van der Waals surface area contributed by atoms with Crippen LogP contribution < -0.4 is 10.1 Å². The van der Waals surface area contributed by atoms with E-state index in [1.807, 2.05) is 52.8 Å². The second-order valence-electron chi connectivity index (χ2n) is 7.87. The van der Waals surface area contributed by atoms with Gasteiger partial charge in [0.05, 0.1) is 0 Å². The Hall–Kier alpha value is -2.24. The van der Waals surface area contributed by atoms with Crippen LogP contribution in [0.4, 0.5) is 0 Å². The van der Waals surface area contributed by atoms with Gasteiger partial charge in [-0.15, -0.1) is 0 Å². The van der Waals surface area contributed by atoms with E-state index in [2.05, 4.69) is 5.32 Å². The Labute approximate surface area is 194 Å². The van der Waals surface area contributed by atoms with E-state index in [0.717, 1.165) is 11.1 Å². The van der Waals surface area contributed by atoms with Crippen molar-refractivity contribution in [2.45, 2.75) is 59.7 Å². The lowest BCUT2D eigenvalue weighted by Crippen LogP contribution is -2.51. The Bertz CT molecular complexity index is 911. The van der Waals surface area contributed by atoms with Gasteiger partial charge in [-0.2, -0.15) is 0 Å². The van der Waals surface area contributed by atoms with Crippen molar-refractivity contribution in [1.29, 1.82) is 0 Å². The zero-order valence-electron chi connectivity index (χ0n) is 18.7. The number of aryl methyl sites for hydroxylation is 2. The number of hydrogen-bond donors (Lipinski definition) is 1. The van der Waals surface area contributed by atoms with Gasteiger partial charge in [-0.25, -0.2) is 0 Å². The van der Waals surface area contributed by atoms with Gasteiger partial charge in [0.1, 0.15) is 11.8 Å². The molecule has 31 heavy (non-hydrogen) atoms. The highest BCUT2D eigenvalue weighted by Gasteiger charge is 2.30. The summed E-state index contributed by atoms with van der Waals surface area (Å²) >= 11 is 12.7. The van der Waals surface area contributed by atoms with E-state index in [1.165, 1.54) is 4.90 Å². The van der Waals surface area contributed by atoms with Crippen LogP contribution in [0.3, 0.4) is 0 Å². The minimum Gasteiger partial charge on any atom is -0.483 e. The van der Waals surface area contributed by atoms with E-state index < -0.39 is 6.04 Å². The summed E-state index contributed by atoms with van der Waals surface area (Å²) in [6, 6.07) is 10.2. The van der Waals surface area contributed by atoms with Gasteiger partial charge in [-0.3, -0.25) is 9.59 Å². The summed E-state index contributed by atoms with van der Waals surface area (Å²) in [6.07, 6.45) is 0.440. The van der Waals surface area contributed by atoms with Crippen LogP contribution in [0.15, 0.2) is 36.4 Å². The molecule has 0 saturated heterocycles. The molecule has 1 N–H and O–H groups in total. The monoisotopic (exact) mass is 464 g/mol. The molecule has 2 amide bonds. The van der Waals surface area contributed by atoms with Crippen LogP contribution in [0.2, 0.25) is 10.0 Å². The molecule has 5 nitrogen and oxygen atoms in total. The molecule has 0 aliphatic rings.